The summed E-state index contributed by atoms with van der Waals surface area (Å²) in [7, 11) is 0. The summed E-state index contributed by atoms with van der Waals surface area (Å²) in [6.07, 6.45) is 0. The molecule has 0 spiro atoms. The van der Waals surface area contributed by atoms with Gasteiger partial charge < -0.3 is 0 Å². The summed E-state index contributed by atoms with van der Waals surface area (Å²) in [5.41, 5.74) is 1.30. The fourth-order valence-electron chi connectivity index (χ4n) is 3.77. The lowest BCUT2D eigenvalue weighted by molar-refractivity contribution is 1.51. The predicted molar refractivity (Wildman–Crippen MR) is 109 cm³/mol. The molecule has 0 aliphatic rings. The van der Waals surface area contributed by atoms with Gasteiger partial charge in [-0.2, -0.15) is 0 Å². The van der Waals surface area contributed by atoms with Crippen molar-refractivity contribution in [2.45, 2.75) is 6.92 Å². The Morgan fingerprint density at radius 2 is 1.00 bits per heavy atom. The molecule has 1 heteroatoms. The molecule has 0 saturated heterocycles. The first-order chi connectivity index (χ1) is 11.7. The minimum Gasteiger partial charge on any atom is -0.0587 e. The van der Waals surface area contributed by atoms with Crippen LogP contribution in [0.3, 0.4) is 0 Å². The smallest absolute Gasteiger partial charge is 0.0181 e. The van der Waals surface area contributed by atoms with Crippen molar-refractivity contribution in [2.24, 2.45) is 0 Å². The average molecular weight is 371 g/mol. The summed E-state index contributed by atoms with van der Waals surface area (Å²) in [6, 6.07) is 26.7. The topological polar surface area (TPSA) is 0 Å². The zero-order valence-corrected chi connectivity index (χ0v) is 14.9. The van der Waals surface area contributed by atoms with E-state index in [1.54, 1.807) is 0 Å². The molecule has 0 bridgehead atoms. The van der Waals surface area contributed by atoms with Crippen LogP contribution in [0.5, 0.6) is 0 Å². The van der Waals surface area contributed by atoms with Crippen LogP contribution in [-0.4, -0.2) is 0 Å². The van der Waals surface area contributed by atoms with Crippen molar-refractivity contribution in [3.8, 4) is 0 Å². The third-order valence-corrected chi connectivity index (χ3v) is 5.41. The highest BCUT2D eigenvalue weighted by molar-refractivity contribution is 9.10. The first-order valence-electron chi connectivity index (χ1n) is 8.15. The van der Waals surface area contributed by atoms with Crippen LogP contribution in [0.1, 0.15) is 5.56 Å². The van der Waals surface area contributed by atoms with Crippen molar-refractivity contribution in [3.05, 3.63) is 82.8 Å². The molecule has 0 radical (unpaired) electrons. The molecule has 0 aromatic heterocycles. The lowest BCUT2D eigenvalue weighted by Crippen LogP contribution is -1.84. The third-order valence-electron chi connectivity index (χ3n) is 4.92. The minimum atomic E-state index is 1.12. The zero-order chi connectivity index (χ0) is 16.3. The number of halogens is 1. The molecule has 114 valence electrons. The van der Waals surface area contributed by atoms with Gasteiger partial charge in [0, 0.05) is 4.47 Å². The molecule has 0 fully saturated rings. The quantitative estimate of drug-likeness (QED) is 0.249. The fraction of sp³-hybridized carbons (Fsp3) is 0.0435. The van der Waals surface area contributed by atoms with Crippen molar-refractivity contribution in [3.63, 3.8) is 0 Å². The normalized spacial score (nSPS) is 11.8. The molecule has 0 aliphatic carbocycles. The second-order valence-electron chi connectivity index (χ2n) is 6.48. The van der Waals surface area contributed by atoms with Crippen LogP contribution in [-0.2, 0) is 0 Å². The van der Waals surface area contributed by atoms with Crippen LogP contribution in [0.25, 0.3) is 43.1 Å². The van der Waals surface area contributed by atoms with Gasteiger partial charge in [-0.05, 0) is 62.1 Å². The van der Waals surface area contributed by atoms with E-state index >= 15 is 0 Å². The maximum atomic E-state index is 3.64. The number of fused-ring (bicyclic) bond motifs is 7. The van der Waals surface area contributed by atoms with Crippen molar-refractivity contribution < 1.29 is 0 Å². The van der Waals surface area contributed by atoms with E-state index in [4.69, 9.17) is 0 Å². The number of benzene rings is 5. The Balaban J connectivity index is 2.16. The molecule has 0 unspecified atom stereocenters. The Kier molecular flexibility index (Phi) is 2.95. The molecule has 0 N–H and O–H groups in total. The van der Waals surface area contributed by atoms with Crippen LogP contribution < -0.4 is 0 Å². The summed E-state index contributed by atoms with van der Waals surface area (Å²) in [5, 5.41) is 10.5. The van der Waals surface area contributed by atoms with Gasteiger partial charge >= 0.3 is 0 Å². The largest absolute Gasteiger partial charge is 0.0587 e. The van der Waals surface area contributed by atoms with Crippen LogP contribution in [0.15, 0.2) is 77.3 Å². The van der Waals surface area contributed by atoms with E-state index in [9.17, 15) is 0 Å². The Hall–Kier alpha value is -2.38. The van der Waals surface area contributed by atoms with E-state index in [0.717, 1.165) is 4.47 Å². The van der Waals surface area contributed by atoms with Crippen molar-refractivity contribution >= 4 is 59.0 Å². The first-order valence-corrected chi connectivity index (χ1v) is 8.94. The Bertz CT molecular complexity index is 1150. The predicted octanol–water partition coefficient (Wildman–Crippen LogP) is 7.37. The van der Waals surface area contributed by atoms with E-state index < -0.39 is 0 Å². The molecule has 5 aromatic rings. The maximum absolute atomic E-state index is 3.64. The van der Waals surface area contributed by atoms with Crippen LogP contribution >= 0.6 is 15.9 Å². The molecule has 0 aliphatic heterocycles. The molecule has 24 heavy (non-hydrogen) atoms. The highest BCUT2D eigenvalue weighted by Gasteiger charge is 2.09. The maximum Gasteiger partial charge on any atom is 0.0181 e. The van der Waals surface area contributed by atoms with E-state index in [-0.39, 0.29) is 0 Å². The molecule has 0 nitrogen and oxygen atoms in total. The lowest BCUT2D eigenvalue weighted by Gasteiger charge is -2.12. The van der Waals surface area contributed by atoms with Crippen LogP contribution in [0, 0.1) is 6.92 Å². The van der Waals surface area contributed by atoms with Gasteiger partial charge in [0.25, 0.3) is 0 Å². The Morgan fingerprint density at radius 3 is 1.62 bits per heavy atom. The second-order valence-corrected chi connectivity index (χ2v) is 7.40. The molecule has 0 heterocycles. The van der Waals surface area contributed by atoms with E-state index in [1.165, 1.54) is 48.7 Å². The number of hydrogen-bond acceptors (Lipinski definition) is 0. The monoisotopic (exact) mass is 370 g/mol. The molecule has 5 rings (SSSR count). The van der Waals surface area contributed by atoms with E-state index in [0.29, 0.717) is 0 Å². The Morgan fingerprint density at radius 1 is 0.542 bits per heavy atom. The van der Waals surface area contributed by atoms with Gasteiger partial charge in [-0.1, -0.05) is 82.2 Å². The lowest BCUT2D eigenvalue weighted by atomic mass is 9.92. The first kappa shape index (κ1) is 14.0. The Labute approximate surface area is 148 Å². The summed E-state index contributed by atoms with van der Waals surface area (Å²) in [5.74, 6) is 0. The van der Waals surface area contributed by atoms with Crippen molar-refractivity contribution in [1.29, 1.82) is 0 Å². The molecule has 5 aromatic carbocycles. The number of hydrogen-bond donors (Lipinski definition) is 0. The van der Waals surface area contributed by atoms with Gasteiger partial charge in [-0.25, -0.2) is 0 Å². The molecular formula is C23H15Br. The van der Waals surface area contributed by atoms with E-state index in [2.05, 4.69) is 95.7 Å². The van der Waals surface area contributed by atoms with Gasteiger partial charge in [-0.3, -0.25) is 0 Å². The average Bonchev–Trinajstić information content (AvgIpc) is 2.60. The third kappa shape index (κ3) is 1.98. The van der Waals surface area contributed by atoms with Crippen LogP contribution in [0.2, 0.25) is 0 Å². The minimum absolute atomic E-state index is 1.12. The fourth-order valence-corrected chi connectivity index (χ4v) is 4.14. The highest BCUT2D eigenvalue weighted by Crippen LogP contribution is 2.37. The standard InChI is InChI=1S/C23H15Br/c1-14-2-3-15-4-6-17-8-9-18-7-5-16-10-11-19(24)13-21(16)23(18)22(17)20(15)12-14/h2-13H,1H3. The number of rotatable bonds is 0. The SMILES string of the molecule is Cc1ccc2ccc3ccc4ccc5ccc(Br)cc5c4c3c2c1. The molecule has 0 atom stereocenters. The van der Waals surface area contributed by atoms with Gasteiger partial charge in [0.1, 0.15) is 0 Å². The zero-order valence-electron chi connectivity index (χ0n) is 13.3. The summed E-state index contributed by atoms with van der Waals surface area (Å²) < 4.78 is 1.12. The number of aryl methyl sites for hydroxylation is 1. The summed E-state index contributed by atoms with van der Waals surface area (Å²) >= 11 is 3.64. The molecule has 0 amide bonds. The molecule has 0 saturated carbocycles. The second kappa shape index (κ2) is 5.06. The van der Waals surface area contributed by atoms with E-state index in [1.807, 2.05) is 0 Å². The van der Waals surface area contributed by atoms with Gasteiger partial charge in [0.05, 0.1) is 0 Å². The van der Waals surface area contributed by atoms with Gasteiger partial charge in [-0.15, -0.1) is 0 Å². The molecular weight excluding hydrogens is 356 g/mol. The highest BCUT2D eigenvalue weighted by atomic mass is 79.9. The van der Waals surface area contributed by atoms with Crippen molar-refractivity contribution in [1.82, 2.24) is 0 Å². The van der Waals surface area contributed by atoms with Gasteiger partial charge in [0.15, 0.2) is 0 Å². The summed E-state index contributed by atoms with van der Waals surface area (Å²) in [4.78, 5) is 0. The van der Waals surface area contributed by atoms with Crippen molar-refractivity contribution in [2.75, 3.05) is 0 Å². The van der Waals surface area contributed by atoms with Crippen LogP contribution in [0.4, 0.5) is 0 Å². The summed E-state index contributed by atoms with van der Waals surface area (Å²) in [6.45, 7) is 2.16. The van der Waals surface area contributed by atoms with Gasteiger partial charge in [0.2, 0.25) is 0 Å².